The number of para-hydroxylation sites is 2. The molecule has 1 saturated carbocycles. The molecule has 3 atom stereocenters. The van der Waals surface area contributed by atoms with E-state index in [9.17, 15) is 9.59 Å². The van der Waals surface area contributed by atoms with Gasteiger partial charge < -0.3 is 24.6 Å². The largest absolute Gasteiger partial charge is 0.372 e. The Hall–Kier alpha value is -2.12. The maximum absolute atomic E-state index is 12.9. The van der Waals surface area contributed by atoms with Gasteiger partial charge in [0.1, 0.15) is 6.10 Å². The number of nitrogens with one attached hydrogen (secondary N) is 1. The van der Waals surface area contributed by atoms with Crippen LogP contribution in [0, 0.1) is 5.92 Å². The molecule has 0 aromatic heterocycles. The number of rotatable bonds is 4. The van der Waals surface area contributed by atoms with Gasteiger partial charge in [-0.3, -0.25) is 4.79 Å². The summed E-state index contributed by atoms with van der Waals surface area (Å²) in [5.41, 5.74) is 1.78. The van der Waals surface area contributed by atoms with E-state index in [1.807, 2.05) is 24.3 Å². The highest BCUT2D eigenvalue weighted by atomic mass is 16.5. The number of morpholine rings is 2. The van der Waals surface area contributed by atoms with E-state index in [1.54, 1.807) is 4.90 Å². The van der Waals surface area contributed by atoms with Crippen LogP contribution in [0.2, 0.25) is 0 Å². The minimum atomic E-state index is -0.483. The molecule has 0 spiro atoms. The molecule has 0 unspecified atom stereocenters. The van der Waals surface area contributed by atoms with Crippen LogP contribution in [0.1, 0.15) is 26.7 Å². The van der Waals surface area contributed by atoms with Crippen molar-refractivity contribution in [2.75, 3.05) is 43.0 Å². The molecule has 2 saturated heterocycles. The number of ketones is 1. The van der Waals surface area contributed by atoms with E-state index < -0.39 is 6.10 Å². The summed E-state index contributed by atoms with van der Waals surface area (Å²) in [5.74, 6) is 0.285. The summed E-state index contributed by atoms with van der Waals surface area (Å²) >= 11 is 0. The number of nitrogens with zero attached hydrogens (tertiary/aromatic N) is 2. The number of carbonyl (C=O) groups is 2. The maximum Gasteiger partial charge on any atom is 0.322 e. The fourth-order valence-electron chi connectivity index (χ4n) is 4.06. The van der Waals surface area contributed by atoms with Crippen molar-refractivity contribution in [2.24, 2.45) is 5.92 Å². The van der Waals surface area contributed by atoms with Crippen molar-refractivity contribution < 1.29 is 19.1 Å². The Labute approximate surface area is 166 Å². The molecular weight excluding hydrogens is 358 g/mol. The normalized spacial score (nSPS) is 28.1. The van der Waals surface area contributed by atoms with Gasteiger partial charge in [0.25, 0.3) is 0 Å². The molecular formula is C21H29N3O4. The second-order valence-electron chi connectivity index (χ2n) is 8.09. The van der Waals surface area contributed by atoms with Crippen molar-refractivity contribution in [1.82, 2.24) is 4.90 Å². The van der Waals surface area contributed by atoms with Crippen molar-refractivity contribution >= 4 is 23.2 Å². The monoisotopic (exact) mass is 387 g/mol. The Balaban J connectivity index is 1.43. The van der Waals surface area contributed by atoms with E-state index >= 15 is 0 Å². The van der Waals surface area contributed by atoms with Crippen LogP contribution in [0.3, 0.4) is 0 Å². The molecule has 1 N–H and O–H groups in total. The first-order chi connectivity index (χ1) is 13.5. The van der Waals surface area contributed by atoms with Crippen LogP contribution >= 0.6 is 0 Å². The van der Waals surface area contributed by atoms with Crippen LogP contribution in [0.4, 0.5) is 16.2 Å². The summed E-state index contributed by atoms with van der Waals surface area (Å²) in [4.78, 5) is 29.1. The van der Waals surface area contributed by atoms with Gasteiger partial charge >= 0.3 is 6.03 Å². The zero-order chi connectivity index (χ0) is 19.7. The molecule has 2 heterocycles. The number of ether oxygens (including phenoxy) is 2. The standard InChI is InChI=1S/C21H29N3O4/c1-14-11-24(12-15(2)28-14)18-6-4-3-5-17(18)22-21(26)23-9-10-27-19(13-23)20(25)16-7-8-16/h3-6,14-16,19H,7-13H2,1-2H3,(H,22,26)/t14-,15+,19-/m0/s1. The van der Waals surface area contributed by atoms with Crippen molar-refractivity contribution in [2.45, 2.75) is 45.0 Å². The van der Waals surface area contributed by atoms with Crippen molar-refractivity contribution in [1.29, 1.82) is 0 Å². The summed E-state index contributed by atoms with van der Waals surface area (Å²) in [5, 5.41) is 3.05. The quantitative estimate of drug-likeness (QED) is 0.860. The highest BCUT2D eigenvalue weighted by Crippen LogP contribution is 2.32. The van der Waals surface area contributed by atoms with Gasteiger partial charge in [0.2, 0.25) is 0 Å². The fraction of sp³-hybridized carbons (Fsp3) is 0.619. The smallest absolute Gasteiger partial charge is 0.322 e. The highest BCUT2D eigenvalue weighted by molar-refractivity contribution is 5.94. The number of hydrogen-bond acceptors (Lipinski definition) is 5. The fourth-order valence-corrected chi connectivity index (χ4v) is 4.06. The molecule has 4 rings (SSSR count). The van der Waals surface area contributed by atoms with E-state index in [-0.39, 0.29) is 29.9 Å². The van der Waals surface area contributed by atoms with Crippen molar-refractivity contribution in [3.63, 3.8) is 0 Å². The average Bonchev–Trinajstić information content (AvgIpc) is 3.52. The molecule has 0 bridgehead atoms. The van der Waals surface area contributed by atoms with Gasteiger partial charge in [0, 0.05) is 25.6 Å². The molecule has 0 radical (unpaired) electrons. The number of urea groups is 1. The molecule has 7 heteroatoms. The summed E-state index contributed by atoms with van der Waals surface area (Å²) < 4.78 is 11.5. The van der Waals surface area contributed by atoms with Crippen molar-refractivity contribution in [3.8, 4) is 0 Å². The van der Waals surface area contributed by atoms with Gasteiger partial charge in [0.15, 0.2) is 5.78 Å². The molecule has 1 aromatic carbocycles. The number of benzene rings is 1. The van der Waals surface area contributed by atoms with Gasteiger partial charge in [0.05, 0.1) is 36.7 Å². The highest BCUT2D eigenvalue weighted by Gasteiger charge is 2.38. The number of amides is 2. The Bertz CT molecular complexity index is 726. The second-order valence-corrected chi connectivity index (χ2v) is 8.09. The number of anilines is 2. The van der Waals surface area contributed by atoms with Crippen molar-refractivity contribution in [3.05, 3.63) is 24.3 Å². The zero-order valence-corrected chi connectivity index (χ0v) is 16.6. The number of carbonyl (C=O) groups excluding carboxylic acids is 2. The summed E-state index contributed by atoms with van der Waals surface area (Å²) in [6.45, 7) is 6.92. The van der Waals surface area contributed by atoms with E-state index in [0.717, 1.165) is 37.3 Å². The molecule has 28 heavy (non-hydrogen) atoms. The van der Waals surface area contributed by atoms with Crippen LogP contribution in [0.15, 0.2) is 24.3 Å². The first kappa shape index (κ1) is 19.2. The molecule has 152 valence electrons. The Morgan fingerprint density at radius 3 is 2.50 bits per heavy atom. The third-order valence-corrected chi connectivity index (χ3v) is 5.56. The number of Topliss-reactive ketones (excluding diaryl/α,β-unsaturated/α-hetero) is 1. The Morgan fingerprint density at radius 1 is 1.07 bits per heavy atom. The van der Waals surface area contributed by atoms with E-state index in [4.69, 9.17) is 9.47 Å². The van der Waals surface area contributed by atoms with E-state index in [2.05, 4.69) is 24.1 Å². The Morgan fingerprint density at radius 2 is 1.79 bits per heavy atom. The second kappa shape index (κ2) is 8.09. The molecule has 2 amide bonds. The minimum Gasteiger partial charge on any atom is -0.372 e. The first-order valence-corrected chi connectivity index (χ1v) is 10.2. The predicted molar refractivity (Wildman–Crippen MR) is 107 cm³/mol. The van der Waals surface area contributed by atoms with Gasteiger partial charge in [-0.2, -0.15) is 0 Å². The lowest BCUT2D eigenvalue weighted by Crippen LogP contribution is -2.50. The first-order valence-electron chi connectivity index (χ1n) is 10.2. The molecule has 2 aliphatic heterocycles. The minimum absolute atomic E-state index is 0.138. The van der Waals surface area contributed by atoms with Crippen LogP contribution in [-0.2, 0) is 14.3 Å². The molecule has 1 aliphatic carbocycles. The summed E-state index contributed by atoms with van der Waals surface area (Å²) in [6, 6.07) is 7.67. The molecule has 3 aliphatic rings. The zero-order valence-electron chi connectivity index (χ0n) is 16.6. The maximum atomic E-state index is 12.9. The van der Waals surface area contributed by atoms with Crippen LogP contribution in [0.5, 0.6) is 0 Å². The lowest BCUT2D eigenvalue weighted by molar-refractivity contribution is -0.135. The summed E-state index contributed by atoms with van der Waals surface area (Å²) in [6.07, 6.45) is 1.70. The lowest BCUT2D eigenvalue weighted by atomic mass is 10.1. The molecule has 3 fully saturated rings. The summed E-state index contributed by atoms with van der Waals surface area (Å²) in [7, 11) is 0. The third-order valence-electron chi connectivity index (χ3n) is 5.56. The van der Waals surface area contributed by atoms with Gasteiger partial charge in [-0.15, -0.1) is 0 Å². The van der Waals surface area contributed by atoms with E-state index in [0.29, 0.717) is 19.7 Å². The van der Waals surface area contributed by atoms with Crippen LogP contribution < -0.4 is 10.2 Å². The van der Waals surface area contributed by atoms with Gasteiger partial charge in [-0.05, 0) is 38.8 Å². The van der Waals surface area contributed by atoms with Gasteiger partial charge in [-0.1, -0.05) is 12.1 Å². The number of hydrogen-bond donors (Lipinski definition) is 1. The third kappa shape index (κ3) is 4.31. The predicted octanol–water partition coefficient (Wildman–Crippen LogP) is 2.51. The van der Waals surface area contributed by atoms with E-state index in [1.165, 1.54) is 0 Å². The van der Waals surface area contributed by atoms with Crippen LogP contribution in [-0.4, -0.2) is 67.8 Å². The Kier molecular flexibility index (Phi) is 5.55. The topological polar surface area (TPSA) is 71.1 Å². The SMILES string of the molecule is C[C@@H]1CN(c2ccccc2NC(=O)N2CCO[C@H](C(=O)C3CC3)C2)C[C@H](C)O1. The average molecular weight is 387 g/mol. The van der Waals surface area contributed by atoms with Gasteiger partial charge in [-0.25, -0.2) is 4.79 Å². The lowest BCUT2D eigenvalue weighted by Gasteiger charge is -2.38. The molecule has 7 nitrogen and oxygen atoms in total. The molecule has 1 aromatic rings. The van der Waals surface area contributed by atoms with Crippen LogP contribution in [0.25, 0.3) is 0 Å².